The summed E-state index contributed by atoms with van der Waals surface area (Å²) >= 11 is 0. The van der Waals surface area contributed by atoms with Crippen molar-refractivity contribution < 1.29 is 22.8 Å². The maximum absolute atomic E-state index is 15.6. The Morgan fingerprint density at radius 3 is 2.55 bits per heavy atom. The molecule has 1 aliphatic rings. The van der Waals surface area contributed by atoms with Crippen LogP contribution in [-0.2, 0) is 16.7 Å². The highest BCUT2D eigenvalue weighted by Crippen LogP contribution is 2.31. The fourth-order valence-corrected chi connectivity index (χ4v) is 2.46. The van der Waals surface area contributed by atoms with Crippen LogP contribution in [-0.4, -0.2) is 29.1 Å². The average Bonchev–Trinajstić information content (AvgIpc) is 2.55. The van der Waals surface area contributed by atoms with E-state index in [1.165, 1.54) is 13.8 Å². The largest absolute Gasteiger partial charge is 0.367 e. The topological polar surface area (TPSA) is 12.5 Å². The molecule has 3 heteroatoms. The van der Waals surface area contributed by atoms with Crippen LogP contribution < -0.4 is 0 Å². The van der Waals surface area contributed by atoms with Gasteiger partial charge in [-0.3, -0.25) is 4.90 Å². The van der Waals surface area contributed by atoms with Gasteiger partial charge in [0, 0.05) is 34.7 Å². The molecule has 1 saturated heterocycles. The van der Waals surface area contributed by atoms with E-state index < -0.39 is 72.5 Å². The Hall–Kier alpha value is -0.930. The van der Waals surface area contributed by atoms with Crippen LogP contribution in [0.4, 0.5) is 4.39 Å². The van der Waals surface area contributed by atoms with E-state index in [0.717, 1.165) is 6.92 Å². The lowest BCUT2D eigenvalue weighted by atomic mass is 9.85. The van der Waals surface area contributed by atoms with E-state index in [0.29, 0.717) is 4.90 Å². The number of morpholine rings is 1. The molecule has 0 spiro atoms. The first-order valence-electron chi connectivity index (χ1n) is 12.2. The molecule has 1 fully saturated rings. The van der Waals surface area contributed by atoms with Gasteiger partial charge in [0.2, 0.25) is 0 Å². The molecule has 1 unspecified atom stereocenters. The molecule has 22 heavy (non-hydrogen) atoms. The summed E-state index contributed by atoms with van der Waals surface area (Å²) < 4.78 is 104. The lowest BCUT2D eigenvalue weighted by Gasteiger charge is -2.47. The zero-order chi connectivity index (χ0) is 25.5. The van der Waals surface area contributed by atoms with Gasteiger partial charge in [-0.05, 0) is 38.6 Å². The Balaban J connectivity index is 2.83. The fraction of sp³-hybridized carbons (Fsp3) is 0.684. The van der Waals surface area contributed by atoms with Gasteiger partial charge < -0.3 is 4.74 Å². The predicted octanol–water partition coefficient (Wildman–Crippen LogP) is 4.51. The van der Waals surface area contributed by atoms with Crippen LogP contribution in [0.25, 0.3) is 0 Å². The molecule has 1 atom stereocenters. The highest BCUT2D eigenvalue weighted by Gasteiger charge is 2.38. The molecule has 0 amide bonds. The number of nitrogens with zero attached hydrogens (tertiary/aromatic N) is 1. The molecule has 1 heterocycles. The molecule has 1 aromatic rings. The predicted molar refractivity (Wildman–Crippen MR) is 89.6 cm³/mol. The van der Waals surface area contributed by atoms with Crippen LogP contribution in [0.1, 0.15) is 73.2 Å². The first kappa shape index (κ1) is 8.25. The van der Waals surface area contributed by atoms with E-state index in [4.69, 9.17) is 18.4 Å². The average molecular weight is 318 g/mol. The van der Waals surface area contributed by atoms with Crippen LogP contribution in [0.2, 0.25) is 0 Å². The number of hydrogen-bond acceptors (Lipinski definition) is 2. The van der Waals surface area contributed by atoms with Gasteiger partial charge in [-0.15, -0.1) is 0 Å². The lowest BCUT2D eigenvalue weighted by molar-refractivity contribution is -0.182. The molecule has 0 radical (unpaired) electrons. The minimum Gasteiger partial charge on any atom is -0.367 e. The molecule has 2 rings (SSSR count). The van der Waals surface area contributed by atoms with E-state index in [1.807, 2.05) is 0 Å². The molecule has 0 aromatic heterocycles. The number of benzene rings is 1. The third-order valence-corrected chi connectivity index (χ3v) is 3.16. The Bertz CT molecular complexity index is 922. The molecule has 0 saturated carbocycles. The molecule has 124 valence electrons. The smallest absolute Gasteiger partial charge is 0.131 e. The molecule has 0 N–H and O–H groups in total. The summed E-state index contributed by atoms with van der Waals surface area (Å²) in [5, 5.41) is 0. The second-order valence-corrected chi connectivity index (χ2v) is 7.25. The number of ether oxygens (including phenoxy) is 1. The minimum atomic E-state index is -3.01. The molecule has 1 aliphatic heterocycles. The van der Waals surface area contributed by atoms with Gasteiger partial charge in [0.15, 0.2) is 0 Å². The summed E-state index contributed by atoms with van der Waals surface area (Å²) in [6.07, 6.45) is 0. The van der Waals surface area contributed by atoms with E-state index in [2.05, 4.69) is 0 Å². The van der Waals surface area contributed by atoms with Crippen molar-refractivity contribution in [3.05, 3.63) is 35.1 Å². The molecular weight excluding hydrogens is 277 g/mol. The normalized spacial score (nSPS) is 38.0. The van der Waals surface area contributed by atoms with Crippen molar-refractivity contribution in [1.82, 2.24) is 4.90 Å². The lowest BCUT2D eigenvalue weighted by Crippen LogP contribution is -2.56. The van der Waals surface area contributed by atoms with Gasteiger partial charge in [-0.1, -0.05) is 38.9 Å². The molecular formula is C19H30FNO. The second-order valence-electron chi connectivity index (χ2n) is 7.25. The maximum atomic E-state index is 15.6. The van der Waals surface area contributed by atoms with Gasteiger partial charge in [-0.25, -0.2) is 4.39 Å². The molecule has 1 aromatic carbocycles. The number of halogens is 1. The van der Waals surface area contributed by atoms with Crippen molar-refractivity contribution in [2.75, 3.05) is 13.0 Å². The van der Waals surface area contributed by atoms with Crippen LogP contribution in [0.5, 0.6) is 0 Å². The van der Waals surface area contributed by atoms with Crippen LogP contribution in [0, 0.1) is 5.82 Å². The SMILES string of the molecule is [2H]c1c([2H])c(CN2C([2H])([2H])C(C)(C)OC(C)(C([2H])([2H])[2H])C2([2H])[2H])c(F)c(C(C)(C)C)c1[2H]. The van der Waals surface area contributed by atoms with Gasteiger partial charge in [0.05, 0.1) is 15.3 Å². The number of rotatable bonds is 2. The second kappa shape index (κ2) is 5.61. The van der Waals surface area contributed by atoms with Crippen molar-refractivity contribution in [3.63, 3.8) is 0 Å². The van der Waals surface area contributed by atoms with Crippen LogP contribution in [0.15, 0.2) is 18.1 Å². The Kier molecular flexibility index (Phi) is 2.10. The van der Waals surface area contributed by atoms with Crippen molar-refractivity contribution in [2.24, 2.45) is 0 Å². The van der Waals surface area contributed by atoms with Crippen LogP contribution in [0.3, 0.4) is 0 Å². The molecule has 2 nitrogen and oxygen atoms in total. The highest BCUT2D eigenvalue weighted by atomic mass is 19.1. The van der Waals surface area contributed by atoms with Gasteiger partial charge in [0.1, 0.15) is 5.82 Å². The molecule has 0 bridgehead atoms. The quantitative estimate of drug-likeness (QED) is 0.795. The minimum absolute atomic E-state index is 0.152. The Morgan fingerprint density at radius 1 is 1.32 bits per heavy atom. The Labute approximate surface area is 148 Å². The van der Waals surface area contributed by atoms with Gasteiger partial charge in [-0.2, -0.15) is 0 Å². The van der Waals surface area contributed by atoms with Crippen molar-refractivity contribution >= 4 is 0 Å². The fourth-order valence-electron chi connectivity index (χ4n) is 2.46. The highest BCUT2D eigenvalue weighted by molar-refractivity contribution is 5.31. The first-order chi connectivity index (χ1) is 13.9. The summed E-state index contributed by atoms with van der Waals surface area (Å²) in [4.78, 5) is 0.557. The summed E-state index contributed by atoms with van der Waals surface area (Å²) in [6.45, 7) is -0.975. The zero-order valence-electron chi connectivity index (χ0n) is 23.9. The standard InChI is InChI=1S/C19H30FNO/c1-17(2,3)15-10-8-9-14(16(15)20)11-21-12-18(4,5)22-19(6,7)13-21/h8-10H,11-13H2,1-7H3/i4D3,8D,9D,10D,12D2,13D2. The summed E-state index contributed by atoms with van der Waals surface area (Å²) in [6, 6.07) is -1.71. The van der Waals surface area contributed by atoms with Crippen molar-refractivity contribution in [3.8, 4) is 0 Å². The maximum Gasteiger partial charge on any atom is 0.131 e. The summed E-state index contributed by atoms with van der Waals surface area (Å²) in [7, 11) is 0. The van der Waals surface area contributed by atoms with E-state index >= 15 is 4.39 Å². The Morgan fingerprint density at radius 2 is 1.95 bits per heavy atom. The monoisotopic (exact) mass is 317 g/mol. The van der Waals surface area contributed by atoms with E-state index in [-0.39, 0.29) is 5.56 Å². The third kappa shape index (κ3) is 4.08. The zero-order valence-corrected chi connectivity index (χ0v) is 13.9. The van der Waals surface area contributed by atoms with Crippen LogP contribution >= 0.6 is 0 Å². The van der Waals surface area contributed by atoms with Gasteiger partial charge in [0.25, 0.3) is 0 Å². The van der Waals surface area contributed by atoms with Crippen molar-refractivity contribution in [1.29, 1.82) is 0 Å². The summed E-state index contributed by atoms with van der Waals surface area (Å²) in [5.74, 6) is -1.00. The molecule has 0 aliphatic carbocycles. The van der Waals surface area contributed by atoms with Crippen molar-refractivity contribution in [2.45, 2.75) is 71.6 Å². The van der Waals surface area contributed by atoms with Gasteiger partial charge >= 0.3 is 0 Å². The number of hydrogen-bond donors (Lipinski definition) is 0. The summed E-state index contributed by atoms with van der Waals surface area (Å²) in [5.41, 5.74) is -5.86. The first-order valence-corrected chi connectivity index (χ1v) is 7.21. The van der Waals surface area contributed by atoms with E-state index in [9.17, 15) is 0 Å². The van der Waals surface area contributed by atoms with E-state index in [1.54, 1.807) is 20.8 Å². The third-order valence-electron chi connectivity index (χ3n) is 3.16.